The summed E-state index contributed by atoms with van der Waals surface area (Å²) >= 11 is 9.72. The van der Waals surface area contributed by atoms with Crippen LogP contribution in [-0.4, -0.2) is 9.78 Å². The molecule has 0 saturated carbocycles. The third-order valence-corrected chi connectivity index (χ3v) is 4.34. The molecule has 19 heavy (non-hydrogen) atoms. The molecule has 1 aromatic carbocycles. The van der Waals surface area contributed by atoms with Gasteiger partial charge in [0.15, 0.2) is 0 Å². The Hall–Kier alpha value is -1.000. The number of rotatable bonds is 4. The molecule has 0 N–H and O–H groups in total. The van der Waals surface area contributed by atoms with Crippen LogP contribution in [-0.2, 0) is 13.2 Å². The summed E-state index contributed by atoms with van der Waals surface area (Å²) in [5, 5.41) is 5.06. The van der Waals surface area contributed by atoms with E-state index in [1.165, 1.54) is 0 Å². The molecule has 1 aromatic heterocycles. The topological polar surface area (TPSA) is 27.1 Å². The van der Waals surface area contributed by atoms with Crippen LogP contribution in [0.2, 0.25) is 5.02 Å². The van der Waals surface area contributed by atoms with E-state index in [2.05, 4.69) is 21.0 Å². The molecule has 0 bridgehead atoms. The molecule has 0 aliphatic heterocycles. The summed E-state index contributed by atoms with van der Waals surface area (Å²) in [6, 6.07) is 5.91. The highest BCUT2D eigenvalue weighted by Gasteiger charge is 2.13. The Kier molecular flexibility index (Phi) is 4.53. The van der Waals surface area contributed by atoms with Gasteiger partial charge in [0, 0.05) is 11.0 Å². The van der Waals surface area contributed by atoms with Gasteiger partial charge in [-0.2, -0.15) is 5.10 Å². The molecule has 0 saturated heterocycles. The molecule has 102 valence electrons. The van der Waals surface area contributed by atoms with Crippen molar-refractivity contribution in [2.75, 3.05) is 0 Å². The number of benzene rings is 1. The van der Waals surface area contributed by atoms with Gasteiger partial charge in [0.2, 0.25) is 0 Å². The molecule has 2 rings (SSSR count). The van der Waals surface area contributed by atoms with E-state index in [9.17, 15) is 0 Å². The first-order chi connectivity index (χ1) is 9.02. The summed E-state index contributed by atoms with van der Waals surface area (Å²) in [6.45, 7) is 7.18. The van der Waals surface area contributed by atoms with Gasteiger partial charge in [0.05, 0.1) is 16.4 Å². The summed E-state index contributed by atoms with van der Waals surface area (Å²) in [7, 11) is 0. The largest absolute Gasteiger partial charge is 0.487 e. The van der Waals surface area contributed by atoms with Crippen LogP contribution in [0.4, 0.5) is 0 Å². The van der Waals surface area contributed by atoms with Gasteiger partial charge in [-0.25, -0.2) is 0 Å². The molecule has 0 unspecified atom stereocenters. The zero-order valence-electron chi connectivity index (χ0n) is 11.2. The minimum absolute atomic E-state index is 0.425. The zero-order chi connectivity index (χ0) is 14.0. The monoisotopic (exact) mass is 342 g/mol. The van der Waals surface area contributed by atoms with E-state index in [1.807, 2.05) is 43.7 Å². The maximum atomic E-state index is 6.24. The molecular formula is C14H16BrClN2O. The van der Waals surface area contributed by atoms with Crippen molar-refractivity contribution in [2.24, 2.45) is 0 Å². The van der Waals surface area contributed by atoms with Crippen LogP contribution >= 0.6 is 27.5 Å². The van der Waals surface area contributed by atoms with E-state index in [0.717, 1.165) is 33.7 Å². The van der Waals surface area contributed by atoms with Gasteiger partial charge in [-0.1, -0.05) is 27.5 Å². The number of hydrogen-bond acceptors (Lipinski definition) is 2. The van der Waals surface area contributed by atoms with E-state index >= 15 is 0 Å². The van der Waals surface area contributed by atoms with Crippen molar-refractivity contribution in [2.45, 2.75) is 33.9 Å². The van der Waals surface area contributed by atoms with Crippen LogP contribution < -0.4 is 4.74 Å². The van der Waals surface area contributed by atoms with Crippen LogP contribution in [0.5, 0.6) is 5.75 Å². The van der Waals surface area contributed by atoms with E-state index < -0.39 is 0 Å². The number of aryl methyl sites for hydroxylation is 3. The van der Waals surface area contributed by atoms with Crippen molar-refractivity contribution in [3.8, 4) is 5.75 Å². The summed E-state index contributed by atoms with van der Waals surface area (Å²) in [6.07, 6.45) is 0. The predicted molar refractivity (Wildman–Crippen MR) is 80.9 cm³/mol. The van der Waals surface area contributed by atoms with Gasteiger partial charge in [-0.05, 0) is 44.5 Å². The lowest BCUT2D eigenvalue weighted by molar-refractivity contribution is 0.292. The average molecular weight is 344 g/mol. The van der Waals surface area contributed by atoms with Crippen molar-refractivity contribution in [1.82, 2.24) is 9.78 Å². The molecule has 0 fully saturated rings. The van der Waals surface area contributed by atoms with Crippen molar-refractivity contribution >= 4 is 27.5 Å². The fraction of sp³-hybridized carbons (Fsp3) is 0.357. The van der Waals surface area contributed by atoms with Gasteiger partial charge in [-0.3, -0.25) is 4.68 Å². The molecule has 0 spiro atoms. The second-order valence-corrected chi connectivity index (χ2v) is 5.59. The van der Waals surface area contributed by atoms with Crippen LogP contribution in [0.15, 0.2) is 22.7 Å². The SMILES string of the molecule is CCn1nc(C)c(Cl)c1COc1ccc(Br)c(C)c1. The van der Waals surface area contributed by atoms with Crippen LogP contribution in [0, 0.1) is 13.8 Å². The van der Waals surface area contributed by atoms with Gasteiger partial charge in [0.25, 0.3) is 0 Å². The number of halogens is 2. The molecule has 0 aliphatic rings. The maximum Gasteiger partial charge on any atom is 0.131 e. The van der Waals surface area contributed by atoms with E-state index in [0.29, 0.717) is 11.6 Å². The fourth-order valence-corrected chi connectivity index (χ4v) is 2.30. The van der Waals surface area contributed by atoms with Crippen molar-refractivity contribution < 1.29 is 4.74 Å². The van der Waals surface area contributed by atoms with Crippen molar-refractivity contribution in [3.05, 3.63) is 44.6 Å². The second-order valence-electron chi connectivity index (χ2n) is 4.36. The van der Waals surface area contributed by atoms with Gasteiger partial charge >= 0.3 is 0 Å². The minimum Gasteiger partial charge on any atom is -0.487 e. The number of nitrogens with zero attached hydrogens (tertiary/aromatic N) is 2. The average Bonchev–Trinajstić information content (AvgIpc) is 2.67. The molecule has 0 aliphatic carbocycles. The Labute approximate surface area is 126 Å². The summed E-state index contributed by atoms with van der Waals surface area (Å²) < 4.78 is 8.75. The number of hydrogen-bond donors (Lipinski definition) is 0. The Bertz CT molecular complexity index is 595. The maximum absolute atomic E-state index is 6.24. The van der Waals surface area contributed by atoms with Gasteiger partial charge < -0.3 is 4.74 Å². The molecular weight excluding hydrogens is 328 g/mol. The van der Waals surface area contributed by atoms with Crippen LogP contribution in [0.3, 0.4) is 0 Å². The van der Waals surface area contributed by atoms with Crippen molar-refractivity contribution in [1.29, 1.82) is 0 Å². The lowest BCUT2D eigenvalue weighted by Crippen LogP contribution is -2.06. The van der Waals surface area contributed by atoms with Crippen LogP contribution in [0.1, 0.15) is 23.9 Å². The first-order valence-corrected chi connectivity index (χ1v) is 7.30. The Balaban J connectivity index is 2.16. The standard InChI is InChI=1S/C14H16BrClN2O/c1-4-18-13(14(16)10(3)17-18)8-19-11-5-6-12(15)9(2)7-11/h5-7H,4,8H2,1-3H3. The molecule has 1 heterocycles. The van der Waals surface area contributed by atoms with Gasteiger partial charge in [0.1, 0.15) is 12.4 Å². The molecule has 5 heteroatoms. The van der Waals surface area contributed by atoms with Crippen LogP contribution in [0.25, 0.3) is 0 Å². The Morgan fingerprint density at radius 1 is 1.37 bits per heavy atom. The Morgan fingerprint density at radius 3 is 2.74 bits per heavy atom. The normalized spacial score (nSPS) is 10.8. The number of ether oxygens (including phenoxy) is 1. The third-order valence-electron chi connectivity index (χ3n) is 2.96. The van der Waals surface area contributed by atoms with Gasteiger partial charge in [-0.15, -0.1) is 0 Å². The molecule has 2 aromatic rings. The minimum atomic E-state index is 0.425. The highest BCUT2D eigenvalue weighted by Crippen LogP contribution is 2.25. The summed E-state index contributed by atoms with van der Waals surface area (Å²) in [5.41, 5.74) is 2.90. The molecule has 0 atom stereocenters. The fourth-order valence-electron chi connectivity index (χ4n) is 1.87. The summed E-state index contributed by atoms with van der Waals surface area (Å²) in [5.74, 6) is 0.832. The Morgan fingerprint density at radius 2 is 2.11 bits per heavy atom. The van der Waals surface area contributed by atoms with E-state index in [1.54, 1.807) is 0 Å². The van der Waals surface area contributed by atoms with Crippen molar-refractivity contribution in [3.63, 3.8) is 0 Å². The number of aromatic nitrogens is 2. The van der Waals surface area contributed by atoms with E-state index in [4.69, 9.17) is 16.3 Å². The second kappa shape index (κ2) is 5.97. The predicted octanol–water partition coefficient (Wildman–Crippen LogP) is 4.51. The third kappa shape index (κ3) is 3.12. The first-order valence-electron chi connectivity index (χ1n) is 6.13. The lowest BCUT2D eigenvalue weighted by atomic mass is 10.2. The molecule has 0 amide bonds. The smallest absolute Gasteiger partial charge is 0.131 e. The zero-order valence-corrected chi connectivity index (χ0v) is 13.5. The molecule has 0 radical (unpaired) electrons. The highest BCUT2D eigenvalue weighted by atomic mass is 79.9. The highest BCUT2D eigenvalue weighted by molar-refractivity contribution is 9.10. The quantitative estimate of drug-likeness (QED) is 0.816. The lowest BCUT2D eigenvalue weighted by Gasteiger charge is -2.09. The first kappa shape index (κ1) is 14.4. The summed E-state index contributed by atoms with van der Waals surface area (Å²) in [4.78, 5) is 0. The van der Waals surface area contributed by atoms with E-state index in [-0.39, 0.29) is 0 Å². The molecule has 3 nitrogen and oxygen atoms in total.